The molecule has 0 fully saturated rings. The van der Waals surface area contributed by atoms with E-state index in [1.54, 1.807) is 11.6 Å². The summed E-state index contributed by atoms with van der Waals surface area (Å²) in [6.45, 7) is 8.56. The van der Waals surface area contributed by atoms with Gasteiger partial charge in [0.1, 0.15) is 0 Å². The van der Waals surface area contributed by atoms with Gasteiger partial charge in [-0.15, -0.1) is 0 Å². The van der Waals surface area contributed by atoms with Crippen molar-refractivity contribution in [3.8, 4) is 0 Å². The van der Waals surface area contributed by atoms with E-state index in [-0.39, 0.29) is 11.2 Å². The molecule has 0 radical (unpaired) electrons. The second kappa shape index (κ2) is 9.98. The zero-order valence-corrected chi connectivity index (χ0v) is 20.5. The van der Waals surface area contributed by atoms with Crippen molar-refractivity contribution in [2.75, 3.05) is 11.4 Å². The Bertz CT molecular complexity index is 1220. The minimum Gasteiger partial charge on any atom is -0.312 e. The largest absolute Gasteiger partial charge is 0.332 e. The van der Waals surface area contributed by atoms with E-state index < -0.39 is 0 Å². The molecule has 0 N–H and O–H groups in total. The number of aryl methyl sites for hydroxylation is 2. The predicted molar refractivity (Wildman–Crippen MR) is 135 cm³/mol. The van der Waals surface area contributed by atoms with Gasteiger partial charge in [0.05, 0.1) is 0 Å². The zero-order chi connectivity index (χ0) is 23.5. The molecule has 0 bridgehead atoms. The van der Waals surface area contributed by atoms with E-state index in [4.69, 9.17) is 4.98 Å². The molecule has 1 unspecified atom stereocenters. The molecule has 0 saturated carbocycles. The Morgan fingerprint density at radius 2 is 1.67 bits per heavy atom. The van der Waals surface area contributed by atoms with Gasteiger partial charge in [0, 0.05) is 32.4 Å². The first-order valence-electron chi connectivity index (χ1n) is 12.5. The Hall–Kier alpha value is -2.83. The molecule has 0 spiro atoms. The lowest BCUT2D eigenvalue weighted by Gasteiger charge is -2.33. The number of hydrogen-bond acceptors (Lipinski definition) is 4. The third-order valence-electron chi connectivity index (χ3n) is 6.83. The van der Waals surface area contributed by atoms with Crippen molar-refractivity contribution in [1.82, 2.24) is 18.7 Å². The Labute approximate surface area is 195 Å². The Morgan fingerprint density at radius 1 is 0.970 bits per heavy atom. The fraction of sp³-hybridized carbons (Fsp3) is 0.577. The fourth-order valence-electron chi connectivity index (χ4n) is 4.88. The lowest BCUT2D eigenvalue weighted by molar-refractivity contribution is 0.457. The third-order valence-corrected chi connectivity index (χ3v) is 6.83. The number of unbranched alkanes of at least 4 members (excludes halogenated alkanes) is 5. The van der Waals surface area contributed by atoms with Crippen LogP contribution in [0.3, 0.4) is 0 Å². The molecular formula is C26H37N5O2. The average Bonchev–Trinajstić information content (AvgIpc) is 3.21. The molecule has 7 heteroatoms. The number of benzene rings is 1. The van der Waals surface area contributed by atoms with Gasteiger partial charge in [0.15, 0.2) is 11.2 Å². The molecule has 1 aliphatic heterocycles. The number of nitrogens with zero attached hydrogens (tertiary/aromatic N) is 5. The Morgan fingerprint density at radius 3 is 2.36 bits per heavy atom. The maximum atomic E-state index is 13.5. The summed E-state index contributed by atoms with van der Waals surface area (Å²) in [5, 5.41) is 0. The monoisotopic (exact) mass is 451 g/mol. The van der Waals surface area contributed by atoms with Crippen LogP contribution in [0.5, 0.6) is 0 Å². The Balaban J connectivity index is 1.72. The molecule has 7 nitrogen and oxygen atoms in total. The van der Waals surface area contributed by atoms with Gasteiger partial charge in [-0.1, -0.05) is 65.0 Å². The average molecular weight is 452 g/mol. The first-order chi connectivity index (χ1) is 16.0. The van der Waals surface area contributed by atoms with Crippen molar-refractivity contribution in [3.05, 3.63) is 50.7 Å². The molecular weight excluding hydrogens is 414 g/mol. The van der Waals surface area contributed by atoms with Gasteiger partial charge in [-0.2, -0.15) is 4.98 Å². The minimum absolute atomic E-state index is 0.212. The topological polar surface area (TPSA) is 65.1 Å². The summed E-state index contributed by atoms with van der Waals surface area (Å²) >= 11 is 0. The number of fused-ring (bicyclic) bond motifs is 3. The van der Waals surface area contributed by atoms with Gasteiger partial charge < -0.3 is 9.47 Å². The highest BCUT2D eigenvalue weighted by atomic mass is 16.2. The van der Waals surface area contributed by atoms with E-state index in [0.29, 0.717) is 23.6 Å². The van der Waals surface area contributed by atoms with E-state index in [2.05, 4.69) is 49.9 Å². The number of aromatic nitrogens is 4. The smallest absolute Gasteiger partial charge is 0.312 e. The molecule has 3 aromatic rings. The van der Waals surface area contributed by atoms with Crippen molar-refractivity contribution in [2.24, 2.45) is 13.0 Å². The molecule has 1 aromatic carbocycles. The van der Waals surface area contributed by atoms with Gasteiger partial charge in [0.25, 0.3) is 5.56 Å². The van der Waals surface area contributed by atoms with Crippen LogP contribution >= 0.6 is 0 Å². The number of anilines is 2. The maximum absolute atomic E-state index is 13.5. The molecule has 4 rings (SSSR count). The highest BCUT2D eigenvalue weighted by molar-refractivity contribution is 5.77. The zero-order valence-electron chi connectivity index (χ0n) is 20.5. The lowest BCUT2D eigenvalue weighted by atomic mass is 10.1. The summed E-state index contributed by atoms with van der Waals surface area (Å²) in [4.78, 5) is 33.5. The molecule has 0 saturated heterocycles. The highest BCUT2D eigenvalue weighted by Gasteiger charge is 2.29. The molecule has 2 aromatic heterocycles. The summed E-state index contributed by atoms with van der Waals surface area (Å²) in [5.41, 5.74) is 2.88. The Kier molecular flexibility index (Phi) is 7.05. The highest BCUT2D eigenvalue weighted by Crippen LogP contribution is 2.32. The lowest BCUT2D eigenvalue weighted by Crippen LogP contribution is -2.40. The quantitative estimate of drug-likeness (QED) is 0.446. The number of rotatable bonds is 9. The van der Waals surface area contributed by atoms with Crippen LogP contribution in [0.1, 0.15) is 64.9 Å². The van der Waals surface area contributed by atoms with Crippen LogP contribution in [0.4, 0.5) is 11.6 Å². The number of hydrogen-bond donors (Lipinski definition) is 0. The van der Waals surface area contributed by atoms with Crippen LogP contribution in [0.15, 0.2) is 33.9 Å². The fourth-order valence-corrected chi connectivity index (χ4v) is 4.88. The maximum Gasteiger partial charge on any atom is 0.332 e. The van der Waals surface area contributed by atoms with Crippen LogP contribution in [-0.2, 0) is 26.6 Å². The first kappa shape index (κ1) is 23.3. The van der Waals surface area contributed by atoms with Gasteiger partial charge in [-0.05, 0) is 36.5 Å². The van der Waals surface area contributed by atoms with Crippen molar-refractivity contribution in [1.29, 1.82) is 0 Å². The molecule has 33 heavy (non-hydrogen) atoms. The van der Waals surface area contributed by atoms with Crippen LogP contribution in [0, 0.1) is 5.92 Å². The van der Waals surface area contributed by atoms with E-state index in [9.17, 15) is 9.59 Å². The molecule has 3 heterocycles. The normalized spacial score (nSPS) is 15.9. The van der Waals surface area contributed by atoms with Crippen molar-refractivity contribution >= 4 is 22.8 Å². The predicted octanol–water partition coefficient (Wildman–Crippen LogP) is 4.61. The van der Waals surface area contributed by atoms with Crippen molar-refractivity contribution in [2.45, 2.75) is 78.8 Å². The first-order valence-corrected chi connectivity index (χ1v) is 12.5. The van der Waals surface area contributed by atoms with E-state index in [1.807, 2.05) is 4.57 Å². The summed E-state index contributed by atoms with van der Waals surface area (Å²) < 4.78 is 4.98. The van der Waals surface area contributed by atoms with Gasteiger partial charge in [-0.25, -0.2) is 4.79 Å². The molecule has 0 amide bonds. The summed E-state index contributed by atoms with van der Waals surface area (Å²) in [5.74, 6) is 1.10. The van der Waals surface area contributed by atoms with E-state index in [0.717, 1.165) is 50.4 Å². The van der Waals surface area contributed by atoms with Gasteiger partial charge in [0.2, 0.25) is 5.95 Å². The summed E-state index contributed by atoms with van der Waals surface area (Å²) in [6.07, 6.45) is 7.69. The van der Waals surface area contributed by atoms with E-state index in [1.165, 1.54) is 29.4 Å². The van der Waals surface area contributed by atoms with Crippen molar-refractivity contribution < 1.29 is 0 Å². The molecule has 178 valence electrons. The van der Waals surface area contributed by atoms with Crippen LogP contribution in [0.2, 0.25) is 0 Å². The second-order valence-corrected chi connectivity index (χ2v) is 9.50. The number of imidazole rings is 1. The third kappa shape index (κ3) is 4.50. The van der Waals surface area contributed by atoms with Crippen LogP contribution < -0.4 is 16.1 Å². The van der Waals surface area contributed by atoms with Crippen LogP contribution in [0.25, 0.3) is 11.2 Å². The standard InChI is InChI=1S/C26H37N5O2/c1-5-7-8-9-10-11-16-29-24(32)22-23(28(4)26(29)33)27-25-30(17-19(3)18-31(22)25)21-14-12-20(6-2)13-15-21/h12-15,19H,5-11,16-18H2,1-4H3. The molecule has 1 aliphatic rings. The summed E-state index contributed by atoms with van der Waals surface area (Å²) in [6, 6.07) is 8.53. The van der Waals surface area contributed by atoms with Crippen molar-refractivity contribution in [3.63, 3.8) is 0 Å². The SMILES string of the molecule is CCCCCCCCn1c(=O)c2c(nc3n2CC(C)CN3c2ccc(CC)cc2)n(C)c1=O. The van der Waals surface area contributed by atoms with Gasteiger partial charge in [-0.3, -0.25) is 13.9 Å². The van der Waals surface area contributed by atoms with E-state index >= 15 is 0 Å². The molecule has 0 aliphatic carbocycles. The summed E-state index contributed by atoms with van der Waals surface area (Å²) in [7, 11) is 1.73. The minimum atomic E-state index is -0.275. The molecule has 1 atom stereocenters. The van der Waals surface area contributed by atoms with Gasteiger partial charge >= 0.3 is 5.69 Å². The van der Waals surface area contributed by atoms with Crippen LogP contribution in [-0.4, -0.2) is 25.2 Å². The second-order valence-electron chi connectivity index (χ2n) is 9.50.